The van der Waals surface area contributed by atoms with Gasteiger partial charge in [-0.25, -0.2) is 4.39 Å². The van der Waals surface area contributed by atoms with Gasteiger partial charge < -0.3 is 10.6 Å². The summed E-state index contributed by atoms with van der Waals surface area (Å²) in [5, 5.41) is 0. The number of halogens is 1. The van der Waals surface area contributed by atoms with Crippen LogP contribution < -0.4 is 5.73 Å². The van der Waals surface area contributed by atoms with Gasteiger partial charge in [0.15, 0.2) is 0 Å². The van der Waals surface area contributed by atoms with Crippen LogP contribution in [-0.2, 0) is 5.54 Å². The van der Waals surface area contributed by atoms with Gasteiger partial charge in [-0.15, -0.1) is 0 Å². The van der Waals surface area contributed by atoms with Crippen LogP contribution in [0, 0.1) is 5.82 Å². The van der Waals surface area contributed by atoms with Gasteiger partial charge in [-0.2, -0.15) is 0 Å². The molecule has 0 aliphatic heterocycles. The zero-order chi connectivity index (χ0) is 14.5. The van der Waals surface area contributed by atoms with E-state index in [1.54, 1.807) is 6.07 Å². The minimum Gasteiger partial charge on any atom is -0.320 e. The Hall–Kier alpha value is -0.930. The van der Waals surface area contributed by atoms with Crippen molar-refractivity contribution >= 4 is 0 Å². The van der Waals surface area contributed by atoms with Gasteiger partial charge in [0.25, 0.3) is 0 Å². The summed E-state index contributed by atoms with van der Waals surface area (Å²) in [6, 6.07) is 7.06. The zero-order valence-electron chi connectivity index (χ0n) is 12.6. The van der Waals surface area contributed by atoms with E-state index in [0.29, 0.717) is 5.56 Å². The van der Waals surface area contributed by atoms with Crippen molar-refractivity contribution in [2.24, 2.45) is 5.73 Å². The Labute approximate surface area is 116 Å². The molecular formula is C16H27FN2. The number of likely N-dealkylation sites (N-methyl/N-ethyl adjacent to an activating group) is 1. The lowest BCUT2D eigenvalue weighted by Gasteiger charge is -2.41. The van der Waals surface area contributed by atoms with Crippen LogP contribution in [0.2, 0.25) is 0 Å². The Balaban J connectivity index is 3.22. The second-order valence-corrected chi connectivity index (χ2v) is 5.51. The molecule has 0 aromatic heterocycles. The molecule has 0 aliphatic carbocycles. The molecule has 0 fully saturated rings. The number of benzene rings is 1. The molecule has 0 heterocycles. The second kappa shape index (κ2) is 7.01. The number of nitrogens with zero attached hydrogens (tertiary/aromatic N) is 1. The Morgan fingerprint density at radius 2 is 1.89 bits per heavy atom. The standard InChI is InChI=1S/C16H27FN2/c1-5-7-12-16(18,15(6-2)19(3)4)13-10-8-9-11-14(13)17/h8-11,15H,5-7,12,18H2,1-4H3. The van der Waals surface area contributed by atoms with Crippen LogP contribution in [0.5, 0.6) is 0 Å². The highest BCUT2D eigenvalue weighted by Gasteiger charge is 2.38. The lowest BCUT2D eigenvalue weighted by molar-refractivity contribution is 0.154. The SMILES string of the molecule is CCCCC(N)(c1ccccc1F)C(CC)N(C)C. The first kappa shape index (κ1) is 16.1. The molecule has 2 atom stereocenters. The molecule has 2 nitrogen and oxygen atoms in total. The van der Waals surface area contributed by atoms with Crippen molar-refractivity contribution in [2.45, 2.75) is 51.1 Å². The molecule has 1 rings (SSSR count). The summed E-state index contributed by atoms with van der Waals surface area (Å²) >= 11 is 0. The van der Waals surface area contributed by atoms with Crippen molar-refractivity contribution in [3.8, 4) is 0 Å². The monoisotopic (exact) mass is 266 g/mol. The molecule has 0 spiro atoms. The summed E-state index contributed by atoms with van der Waals surface area (Å²) < 4.78 is 14.2. The van der Waals surface area contributed by atoms with Gasteiger partial charge in [0, 0.05) is 11.6 Å². The number of unbranched alkanes of at least 4 members (excludes halogenated alkanes) is 1. The normalized spacial score (nSPS) is 16.4. The van der Waals surface area contributed by atoms with Gasteiger partial charge in [0.2, 0.25) is 0 Å². The third kappa shape index (κ3) is 3.54. The van der Waals surface area contributed by atoms with Crippen molar-refractivity contribution in [1.82, 2.24) is 4.90 Å². The molecule has 2 N–H and O–H groups in total. The molecular weight excluding hydrogens is 239 g/mol. The smallest absolute Gasteiger partial charge is 0.128 e. The molecule has 108 valence electrons. The fraction of sp³-hybridized carbons (Fsp3) is 0.625. The average molecular weight is 266 g/mol. The highest BCUT2D eigenvalue weighted by molar-refractivity contribution is 5.28. The highest BCUT2D eigenvalue weighted by Crippen LogP contribution is 2.33. The van der Waals surface area contributed by atoms with Crippen molar-refractivity contribution in [2.75, 3.05) is 14.1 Å². The lowest BCUT2D eigenvalue weighted by atomic mass is 9.77. The van der Waals surface area contributed by atoms with E-state index in [1.165, 1.54) is 6.07 Å². The van der Waals surface area contributed by atoms with Crippen LogP contribution in [0.3, 0.4) is 0 Å². The van der Waals surface area contributed by atoms with Crippen LogP contribution in [0.4, 0.5) is 4.39 Å². The molecule has 0 amide bonds. The van der Waals surface area contributed by atoms with Crippen molar-refractivity contribution in [1.29, 1.82) is 0 Å². The third-order valence-corrected chi connectivity index (χ3v) is 3.92. The first-order chi connectivity index (χ1) is 8.97. The maximum Gasteiger partial charge on any atom is 0.128 e. The number of hydrogen-bond donors (Lipinski definition) is 1. The second-order valence-electron chi connectivity index (χ2n) is 5.51. The van der Waals surface area contributed by atoms with Crippen LogP contribution in [0.1, 0.15) is 45.1 Å². The van der Waals surface area contributed by atoms with Crippen LogP contribution in [0.15, 0.2) is 24.3 Å². The van der Waals surface area contributed by atoms with E-state index in [9.17, 15) is 4.39 Å². The predicted octanol–water partition coefficient (Wildman–Crippen LogP) is 3.51. The van der Waals surface area contributed by atoms with E-state index in [2.05, 4.69) is 18.7 Å². The van der Waals surface area contributed by atoms with Crippen LogP contribution in [0.25, 0.3) is 0 Å². The summed E-state index contributed by atoms with van der Waals surface area (Å²) in [5.41, 5.74) is 6.70. The van der Waals surface area contributed by atoms with Gasteiger partial charge in [0.1, 0.15) is 5.82 Å². The fourth-order valence-corrected chi connectivity index (χ4v) is 2.98. The predicted molar refractivity (Wildman–Crippen MR) is 79.6 cm³/mol. The van der Waals surface area contributed by atoms with E-state index >= 15 is 0 Å². The molecule has 19 heavy (non-hydrogen) atoms. The number of hydrogen-bond acceptors (Lipinski definition) is 2. The van der Waals surface area contributed by atoms with E-state index in [-0.39, 0.29) is 11.9 Å². The Bertz CT molecular complexity index is 392. The fourth-order valence-electron chi connectivity index (χ4n) is 2.98. The lowest BCUT2D eigenvalue weighted by Crippen LogP contribution is -2.54. The largest absolute Gasteiger partial charge is 0.320 e. The summed E-state index contributed by atoms with van der Waals surface area (Å²) in [6.07, 6.45) is 3.79. The minimum absolute atomic E-state index is 0.135. The third-order valence-electron chi connectivity index (χ3n) is 3.92. The molecule has 0 radical (unpaired) electrons. The minimum atomic E-state index is -0.625. The number of nitrogens with two attached hydrogens (primary N) is 1. The summed E-state index contributed by atoms with van der Waals surface area (Å²) in [4.78, 5) is 2.11. The quantitative estimate of drug-likeness (QED) is 0.818. The van der Waals surface area contributed by atoms with E-state index in [0.717, 1.165) is 25.7 Å². The Morgan fingerprint density at radius 3 is 2.37 bits per heavy atom. The summed E-state index contributed by atoms with van der Waals surface area (Å²) in [5.74, 6) is -0.193. The summed E-state index contributed by atoms with van der Waals surface area (Å²) in [7, 11) is 4.03. The Kier molecular flexibility index (Phi) is 5.95. The molecule has 0 saturated heterocycles. The zero-order valence-corrected chi connectivity index (χ0v) is 12.6. The molecule has 3 heteroatoms. The van der Waals surface area contributed by atoms with Gasteiger partial charge in [-0.05, 0) is 33.0 Å². The van der Waals surface area contributed by atoms with Crippen molar-refractivity contribution in [3.05, 3.63) is 35.6 Å². The van der Waals surface area contributed by atoms with Crippen LogP contribution in [-0.4, -0.2) is 25.0 Å². The molecule has 2 unspecified atom stereocenters. The molecule has 0 aliphatic rings. The van der Waals surface area contributed by atoms with E-state index < -0.39 is 5.54 Å². The van der Waals surface area contributed by atoms with E-state index in [4.69, 9.17) is 5.73 Å². The van der Waals surface area contributed by atoms with Gasteiger partial charge >= 0.3 is 0 Å². The topological polar surface area (TPSA) is 29.3 Å². The van der Waals surface area contributed by atoms with E-state index in [1.807, 2.05) is 26.2 Å². The summed E-state index contributed by atoms with van der Waals surface area (Å²) in [6.45, 7) is 4.25. The number of rotatable bonds is 7. The van der Waals surface area contributed by atoms with Gasteiger partial charge in [-0.3, -0.25) is 0 Å². The Morgan fingerprint density at radius 1 is 1.26 bits per heavy atom. The molecule has 0 saturated carbocycles. The molecule has 1 aromatic carbocycles. The molecule has 0 bridgehead atoms. The molecule has 1 aromatic rings. The maximum absolute atomic E-state index is 14.2. The average Bonchev–Trinajstić information content (AvgIpc) is 2.37. The first-order valence-corrected chi connectivity index (χ1v) is 7.17. The highest BCUT2D eigenvalue weighted by atomic mass is 19.1. The van der Waals surface area contributed by atoms with Gasteiger partial charge in [-0.1, -0.05) is 44.9 Å². The van der Waals surface area contributed by atoms with Gasteiger partial charge in [0.05, 0.1) is 5.54 Å². The van der Waals surface area contributed by atoms with Crippen molar-refractivity contribution in [3.63, 3.8) is 0 Å². The van der Waals surface area contributed by atoms with Crippen molar-refractivity contribution < 1.29 is 4.39 Å². The maximum atomic E-state index is 14.2. The first-order valence-electron chi connectivity index (χ1n) is 7.17. The van der Waals surface area contributed by atoms with Crippen LogP contribution >= 0.6 is 0 Å².